The quantitative estimate of drug-likeness (QED) is 0.896. The summed E-state index contributed by atoms with van der Waals surface area (Å²) < 4.78 is 26.8. The maximum absolute atomic E-state index is 12.1. The summed E-state index contributed by atoms with van der Waals surface area (Å²) in [4.78, 5) is 4.49. The molecule has 0 amide bonds. The number of nitrogens with zero attached hydrogens (tertiary/aromatic N) is 1. The molecule has 0 bridgehead atoms. The second-order valence-corrected chi connectivity index (χ2v) is 6.75. The monoisotopic (exact) mass is 284 g/mol. The summed E-state index contributed by atoms with van der Waals surface area (Å²) in [7, 11) is -3.61. The second kappa shape index (κ2) is 5.05. The van der Waals surface area contributed by atoms with Crippen molar-refractivity contribution in [2.75, 3.05) is 4.72 Å². The molecular weight excluding hydrogens is 272 g/mol. The Morgan fingerprint density at radius 1 is 1.39 bits per heavy atom. The van der Waals surface area contributed by atoms with Crippen molar-refractivity contribution in [2.24, 2.45) is 0 Å². The first kappa shape index (κ1) is 13.0. The van der Waals surface area contributed by atoms with Crippen LogP contribution in [0.25, 0.3) is 0 Å². The lowest BCUT2D eigenvalue weighted by atomic mass is 10.3. The van der Waals surface area contributed by atoms with Crippen LogP contribution in [0.1, 0.15) is 10.4 Å². The van der Waals surface area contributed by atoms with Crippen LogP contribution in [-0.2, 0) is 16.6 Å². The zero-order valence-electron chi connectivity index (χ0n) is 9.62. The van der Waals surface area contributed by atoms with Crippen LogP contribution in [-0.4, -0.2) is 18.5 Å². The fourth-order valence-corrected chi connectivity index (χ4v) is 3.68. The molecule has 2 heterocycles. The molecule has 0 atom stereocenters. The molecule has 0 spiro atoms. The molecule has 18 heavy (non-hydrogen) atoms. The van der Waals surface area contributed by atoms with E-state index in [-0.39, 0.29) is 10.8 Å². The second-order valence-electron chi connectivity index (χ2n) is 3.67. The van der Waals surface area contributed by atoms with Crippen LogP contribution in [0.15, 0.2) is 34.8 Å². The standard InChI is InChI=1S/C11H12N2O3S2/c1-8-4-5-12-6-10(8)13-18(15,16)11-3-2-9(7-14)17-11/h2-6,13-14H,7H2,1H3. The molecule has 0 saturated carbocycles. The Morgan fingerprint density at radius 3 is 2.78 bits per heavy atom. The first-order valence-electron chi connectivity index (χ1n) is 5.16. The van der Waals surface area contributed by atoms with Crippen molar-refractivity contribution in [3.8, 4) is 0 Å². The molecule has 0 fully saturated rings. The van der Waals surface area contributed by atoms with Crippen molar-refractivity contribution in [1.29, 1.82) is 0 Å². The molecule has 0 aliphatic carbocycles. The molecule has 0 radical (unpaired) electrons. The van der Waals surface area contributed by atoms with Crippen LogP contribution in [0.3, 0.4) is 0 Å². The van der Waals surface area contributed by atoms with E-state index in [4.69, 9.17) is 5.11 Å². The Labute approximate surface area is 109 Å². The Morgan fingerprint density at radius 2 is 2.17 bits per heavy atom. The van der Waals surface area contributed by atoms with Gasteiger partial charge in [0.05, 0.1) is 18.5 Å². The topological polar surface area (TPSA) is 79.3 Å². The number of pyridine rings is 1. The molecule has 7 heteroatoms. The van der Waals surface area contributed by atoms with E-state index in [9.17, 15) is 8.42 Å². The van der Waals surface area contributed by atoms with E-state index in [1.54, 1.807) is 25.3 Å². The number of aromatic nitrogens is 1. The van der Waals surface area contributed by atoms with E-state index in [1.807, 2.05) is 0 Å². The molecular formula is C11H12N2O3S2. The van der Waals surface area contributed by atoms with Crippen molar-refractivity contribution in [2.45, 2.75) is 17.7 Å². The van der Waals surface area contributed by atoms with Gasteiger partial charge < -0.3 is 5.11 Å². The van der Waals surface area contributed by atoms with Crippen LogP contribution >= 0.6 is 11.3 Å². The van der Waals surface area contributed by atoms with E-state index >= 15 is 0 Å². The summed E-state index contributed by atoms with van der Waals surface area (Å²) in [5.74, 6) is 0. The van der Waals surface area contributed by atoms with Crippen molar-refractivity contribution in [3.05, 3.63) is 41.0 Å². The Bertz CT molecular complexity index is 650. The van der Waals surface area contributed by atoms with Gasteiger partial charge in [-0.25, -0.2) is 8.42 Å². The molecule has 0 saturated heterocycles. The third-order valence-electron chi connectivity index (χ3n) is 2.34. The normalized spacial score (nSPS) is 11.4. The largest absolute Gasteiger partial charge is 0.391 e. The van der Waals surface area contributed by atoms with Gasteiger partial charge in [0.1, 0.15) is 4.21 Å². The number of aliphatic hydroxyl groups is 1. The van der Waals surface area contributed by atoms with Gasteiger partial charge in [-0.2, -0.15) is 0 Å². The smallest absolute Gasteiger partial charge is 0.271 e. The number of nitrogens with one attached hydrogen (secondary N) is 1. The van der Waals surface area contributed by atoms with E-state index in [0.717, 1.165) is 16.9 Å². The highest BCUT2D eigenvalue weighted by molar-refractivity contribution is 7.94. The maximum atomic E-state index is 12.1. The summed E-state index contributed by atoms with van der Waals surface area (Å²) in [5.41, 5.74) is 1.25. The van der Waals surface area contributed by atoms with Gasteiger partial charge in [-0.3, -0.25) is 9.71 Å². The third kappa shape index (κ3) is 2.69. The highest BCUT2D eigenvalue weighted by Gasteiger charge is 2.17. The third-order valence-corrected chi connectivity index (χ3v) is 5.27. The molecule has 2 N–H and O–H groups in total. The predicted molar refractivity (Wildman–Crippen MR) is 70.0 cm³/mol. The Hall–Kier alpha value is -1.44. The summed E-state index contributed by atoms with van der Waals surface area (Å²) in [6, 6.07) is 4.80. The van der Waals surface area contributed by atoms with Gasteiger partial charge in [0.2, 0.25) is 0 Å². The predicted octanol–water partition coefficient (Wildman–Crippen LogP) is 1.74. The average Bonchev–Trinajstić information content (AvgIpc) is 2.81. The van der Waals surface area contributed by atoms with Crippen molar-refractivity contribution in [1.82, 2.24) is 4.98 Å². The lowest BCUT2D eigenvalue weighted by Crippen LogP contribution is -2.12. The zero-order valence-corrected chi connectivity index (χ0v) is 11.3. The summed E-state index contributed by atoms with van der Waals surface area (Å²) in [6.07, 6.45) is 3.07. The lowest BCUT2D eigenvalue weighted by Gasteiger charge is -2.07. The number of rotatable bonds is 4. The summed E-state index contributed by atoms with van der Waals surface area (Å²) in [6.45, 7) is 1.64. The first-order chi connectivity index (χ1) is 8.53. The molecule has 0 aromatic carbocycles. The number of hydrogen-bond acceptors (Lipinski definition) is 5. The number of aliphatic hydroxyl groups excluding tert-OH is 1. The Balaban J connectivity index is 2.30. The van der Waals surface area contributed by atoms with E-state index in [1.165, 1.54) is 12.3 Å². The zero-order chi connectivity index (χ0) is 13.2. The molecule has 5 nitrogen and oxygen atoms in total. The first-order valence-corrected chi connectivity index (χ1v) is 7.46. The number of thiophene rings is 1. The molecule has 2 aromatic rings. The fourth-order valence-electron chi connectivity index (χ4n) is 1.35. The van der Waals surface area contributed by atoms with Gasteiger partial charge in [-0.1, -0.05) is 0 Å². The SMILES string of the molecule is Cc1ccncc1NS(=O)(=O)c1ccc(CO)s1. The summed E-state index contributed by atoms with van der Waals surface area (Å²) >= 11 is 1.04. The van der Waals surface area contributed by atoms with E-state index in [2.05, 4.69) is 9.71 Å². The van der Waals surface area contributed by atoms with Crippen LogP contribution in [0.2, 0.25) is 0 Å². The number of sulfonamides is 1. The summed E-state index contributed by atoms with van der Waals surface area (Å²) in [5, 5.41) is 8.94. The minimum atomic E-state index is -3.61. The number of aryl methyl sites for hydroxylation is 1. The van der Waals surface area contributed by atoms with Gasteiger partial charge in [0.15, 0.2) is 0 Å². The maximum Gasteiger partial charge on any atom is 0.271 e. The van der Waals surface area contributed by atoms with Crippen LogP contribution in [0.4, 0.5) is 5.69 Å². The minimum absolute atomic E-state index is 0.161. The fraction of sp³-hybridized carbons (Fsp3) is 0.182. The molecule has 0 aliphatic heterocycles. The molecule has 2 aromatic heterocycles. The molecule has 0 aliphatic rings. The van der Waals surface area contributed by atoms with Gasteiger partial charge in [0, 0.05) is 11.1 Å². The highest BCUT2D eigenvalue weighted by Crippen LogP contribution is 2.24. The molecule has 0 unspecified atom stereocenters. The van der Waals surface area contributed by atoms with Crippen LogP contribution < -0.4 is 4.72 Å². The van der Waals surface area contributed by atoms with Crippen LogP contribution in [0.5, 0.6) is 0 Å². The highest BCUT2D eigenvalue weighted by atomic mass is 32.2. The van der Waals surface area contributed by atoms with Crippen LogP contribution in [0, 0.1) is 6.92 Å². The van der Waals surface area contributed by atoms with Crippen molar-refractivity contribution >= 4 is 27.0 Å². The van der Waals surface area contributed by atoms with E-state index in [0.29, 0.717) is 10.6 Å². The molecule has 2 rings (SSSR count). The molecule has 96 valence electrons. The van der Waals surface area contributed by atoms with E-state index < -0.39 is 10.0 Å². The minimum Gasteiger partial charge on any atom is -0.391 e. The number of anilines is 1. The van der Waals surface area contributed by atoms with Gasteiger partial charge in [-0.15, -0.1) is 11.3 Å². The van der Waals surface area contributed by atoms with Crippen molar-refractivity contribution in [3.63, 3.8) is 0 Å². The number of hydrogen-bond donors (Lipinski definition) is 2. The van der Waals surface area contributed by atoms with Gasteiger partial charge in [0.25, 0.3) is 10.0 Å². The average molecular weight is 284 g/mol. The van der Waals surface area contributed by atoms with Crippen molar-refractivity contribution < 1.29 is 13.5 Å². The van der Waals surface area contributed by atoms with Gasteiger partial charge in [-0.05, 0) is 30.7 Å². The Kier molecular flexibility index (Phi) is 3.65. The lowest BCUT2D eigenvalue weighted by molar-refractivity contribution is 0.285. The van der Waals surface area contributed by atoms with Gasteiger partial charge >= 0.3 is 0 Å².